The molecule has 0 spiro atoms. The van der Waals surface area contributed by atoms with Crippen molar-refractivity contribution in [2.45, 2.75) is 52.5 Å². The van der Waals surface area contributed by atoms with Crippen molar-refractivity contribution in [3.05, 3.63) is 64.3 Å². The first-order valence-electron chi connectivity index (χ1n) is 12.7. The number of nitrogens with one attached hydrogen (secondary N) is 3. The van der Waals surface area contributed by atoms with Gasteiger partial charge in [-0.05, 0) is 61.6 Å². The average molecular weight is 544 g/mol. The molecule has 1 saturated heterocycles. The maximum Gasteiger partial charge on any atom is 0.324 e. The lowest BCUT2D eigenvalue weighted by Crippen LogP contribution is -2.63. The van der Waals surface area contributed by atoms with Crippen LogP contribution in [-0.4, -0.2) is 46.4 Å². The second kappa shape index (κ2) is 10.5. The summed E-state index contributed by atoms with van der Waals surface area (Å²) in [6, 6.07) is 10.6. The molecule has 1 aromatic carbocycles. The summed E-state index contributed by atoms with van der Waals surface area (Å²) in [4.78, 5) is 46.1. The summed E-state index contributed by atoms with van der Waals surface area (Å²) in [7, 11) is 0. The van der Waals surface area contributed by atoms with Gasteiger partial charge in [0.1, 0.15) is 16.2 Å². The normalized spacial score (nSPS) is 14.8. The second-order valence-corrected chi connectivity index (χ2v) is 12.1. The molecule has 3 aromatic rings. The van der Waals surface area contributed by atoms with Crippen molar-refractivity contribution in [2.24, 2.45) is 0 Å². The topological polar surface area (TPSA) is 103 Å². The maximum atomic E-state index is 13.7. The van der Waals surface area contributed by atoms with Gasteiger partial charge in [0, 0.05) is 35.4 Å². The van der Waals surface area contributed by atoms with E-state index in [2.05, 4.69) is 26.9 Å². The fourth-order valence-corrected chi connectivity index (χ4v) is 5.43. The highest BCUT2D eigenvalue weighted by atomic mass is 32.1. The third-order valence-corrected chi connectivity index (χ3v) is 8.22. The molecule has 0 saturated carbocycles. The number of hydrogen-bond acceptors (Lipinski definition) is 5. The van der Waals surface area contributed by atoms with Crippen molar-refractivity contribution in [1.29, 1.82) is 0 Å². The fourth-order valence-electron chi connectivity index (χ4n) is 4.33. The van der Waals surface area contributed by atoms with Crippen LogP contribution in [0, 0.1) is 19.3 Å². The number of terminal acetylenes is 1. The quantitative estimate of drug-likeness (QED) is 0.384. The number of amides is 4. The molecule has 4 amide bonds. The Hall–Kier alpha value is -4.16. The number of benzene rings is 1. The highest BCUT2D eigenvalue weighted by Crippen LogP contribution is 2.38. The molecule has 4 rings (SSSR count). The number of rotatable bonds is 4. The van der Waals surface area contributed by atoms with Crippen LogP contribution >= 0.6 is 11.3 Å². The van der Waals surface area contributed by atoms with Gasteiger partial charge in [-0.15, -0.1) is 17.8 Å². The lowest BCUT2D eigenvalue weighted by molar-refractivity contribution is -0.133. The minimum absolute atomic E-state index is 0.208. The predicted molar refractivity (Wildman–Crippen MR) is 156 cm³/mol. The first-order valence-corrected chi connectivity index (χ1v) is 13.5. The number of aromatic nitrogens is 1. The van der Waals surface area contributed by atoms with E-state index < -0.39 is 11.6 Å². The number of nitrogens with zero attached hydrogens (tertiary/aromatic N) is 2. The molecule has 0 unspecified atom stereocenters. The van der Waals surface area contributed by atoms with Gasteiger partial charge in [0.25, 0.3) is 5.91 Å². The predicted octanol–water partition coefficient (Wildman–Crippen LogP) is 5.39. The summed E-state index contributed by atoms with van der Waals surface area (Å²) in [5, 5.41) is 9.02. The van der Waals surface area contributed by atoms with Gasteiger partial charge in [-0.25, -0.2) is 9.78 Å². The molecule has 0 radical (unpaired) electrons. The summed E-state index contributed by atoms with van der Waals surface area (Å²) in [5.74, 6) is 2.01. The van der Waals surface area contributed by atoms with Crippen LogP contribution in [0.5, 0.6) is 0 Å². The number of hydrogen-bond donors (Lipinski definition) is 3. The Morgan fingerprint density at radius 2 is 1.90 bits per heavy atom. The van der Waals surface area contributed by atoms with Crippen LogP contribution in [0.3, 0.4) is 0 Å². The molecule has 3 N–H and O–H groups in total. The molecule has 0 atom stereocenters. The van der Waals surface area contributed by atoms with E-state index in [1.807, 2.05) is 58.0 Å². The molecule has 3 heterocycles. The van der Waals surface area contributed by atoms with Crippen molar-refractivity contribution >= 4 is 39.9 Å². The zero-order chi connectivity index (χ0) is 28.5. The first kappa shape index (κ1) is 27.9. The van der Waals surface area contributed by atoms with E-state index in [1.54, 1.807) is 31.0 Å². The summed E-state index contributed by atoms with van der Waals surface area (Å²) in [6.45, 7) is 12.3. The number of pyridine rings is 1. The molecule has 1 aliphatic rings. The van der Waals surface area contributed by atoms with Gasteiger partial charge in [-0.3, -0.25) is 14.9 Å². The zero-order valence-corrected chi connectivity index (χ0v) is 23.9. The van der Waals surface area contributed by atoms with Crippen molar-refractivity contribution in [1.82, 2.24) is 15.2 Å². The molecular formula is C30H33N5O3S. The van der Waals surface area contributed by atoms with Crippen LogP contribution in [0.2, 0.25) is 0 Å². The third kappa shape index (κ3) is 5.81. The molecule has 39 heavy (non-hydrogen) atoms. The average Bonchev–Trinajstić information content (AvgIpc) is 3.31. The molecule has 202 valence electrons. The molecule has 1 aliphatic heterocycles. The van der Waals surface area contributed by atoms with E-state index in [9.17, 15) is 14.4 Å². The van der Waals surface area contributed by atoms with Crippen LogP contribution in [0.1, 0.15) is 61.1 Å². The fraction of sp³-hybridized carbons (Fsp3) is 0.333. The molecule has 0 aliphatic carbocycles. The number of carbonyl (C=O) groups excluding carboxylic acids is 3. The Morgan fingerprint density at radius 3 is 2.54 bits per heavy atom. The van der Waals surface area contributed by atoms with Crippen molar-refractivity contribution < 1.29 is 14.4 Å². The highest BCUT2D eigenvalue weighted by Gasteiger charge is 2.42. The van der Waals surface area contributed by atoms with E-state index >= 15 is 0 Å². The maximum absolute atomic E-state index is 13.7. The lowest BCUT2D eigenvalue weighted by Gasteiger charge is -2.41. The Kier molecular flexibility index (Phi) is 7.53. The Balaban J connectivity index is 1.60. The van der Waals surface area contributed by atoms with E-state index in [-0.39, 0.29) is 17.2 Å². The number of thiophene rings is 1. The van der Waals surface area contributed by atoms with Crippen LogP contribution in [0.4, 0.5) is 15.5 Å². The smallest absolute Gasteiger partial charge is 0.324 e. The van der Waals surface area contributed by atoms with E-state index in [1.165, 1.54) is 11.3 Å². The van der Waals surface area contributed by atoms with Crippen LogP contribution in [-0.2, 0) is 10.2 Å². The van der Waals surface area contributed by atoms with Gasteiger partial charge in [-0.2, -0.15) is 0 Å². The number of aryl methyl sites for hydroxylation is 1. The van der Waals surface area contributed by atoms with E-state index in [4.69, 9.17) is 6.42 Å². The van der Waals surface area contributed by atoms with Gasteiger partial charge in [0.05, 0.1) is 5.56 Å². The Labute approximate surface area is 233 Å². The zero-order valence-electron chi connectivity index (χ0n) is 23.1. The van der Waals surface area contributed by atoms with Gasteiger partial charge >= 0.3 is 6.03 Å². The van der Waals surface area contributed by atoms with Crippen LogP contribution < -0.4 is 16.0 Å². The van der Waals surface area contributed by atoms with Gasteiger partial charge < -0.3 is 15.5 Å². The minimum Gasteiger partial charge on any atom is -0.352 e. The van der Waals surface area contributed by atoms with Gasteiger partial charge in [-0.1, -0.05) is 38.8 Å². The molecule has 0 bridgehead atoms. The van der Waals surface area contributed by atoms with Gasteiger partial charge in [0.2, 0.25) is 5.91 Å². The molecule has 1 fully saturated rings. The third-order valence-electron chi connectivity index (χ3n) is 6.74. The largest absolute Gasteiger partial charge is 0.352 e. The molecule has 9 heteroatoms. The molecule has 2 aromatic heterocycles. The van der Waals surface area contributed by atoms with Gasteiger partial charge in [0.15, 0.2) is 0 Å². The van der Waals surface area contributed by atoms with Crippen LogP contribution in [0.25, 0.3) is 11.1 Å². The highest BCUT2D eigenvalue weighted by molar-refractivity contribution is 7.16. The summed E-state index contributed by atoms with van der Waals surface area (Å²) >= 11 is 1.36. The monoisotopic (exact) mass is 543 g/mol. The Morgan fingerprint density at radius 1 is 1.15 bits per heavy atom. The van der Waals surface area contributed by atoms with Crippen LogP contribution in [0.15, 0.2) is 42.6 Å². The van der Waals surface area contributed by atoms with Crippen molar-refractivity contribution in [2.75, 3.05) is 23.7 Å². The second-order valence-electron chi connectivity index (χ2n) is 11.1. The number of piperazine rings is 1. The summed E-state index contributed by atoms with van der Waals surface area (Å²) in [6.07, 6.45) is 7.13. The first-order chi connectivity index (χ1) is 18.3. The standard InChI is InChI=1S/C30H33N5O3S/c1-8-20-12-10-19(17-32-20)22-15-21(11-9-18(22)2)33-28(38)34-25-23(16-24(39-25)29(3,4)5)26(36)35-14-13-31-27(37)30(35,6)7/h1,9-12,15-17H,13-14H2,2-7H3,(H,31,37)(H2,33,34,38). The van der Waals surface area contributed by atoms with E-state index in [0.29, 0.717) is 35.0 Å². The number of anilines is 2. The van der Waals surface area contributed by atoms with Crippen molar-refractivity contribution in [3.63, 3.8) is 0 Å². The number of urea groups is 1. The lowest BCUT2D eigenvalue weighted by atomic mass is 9.93. The molecule has 8 nitrogen and oxygen atoms in total. The van der Waals surface area contributed by atoms with E-state index in [0.717, 1.165) is 21.6 Å². The molecular weight excluding hydrogens is 510 g/mol. The Bertz CT molecular complexity index is 1480. The minimum atomic E-state index is -1.01. The number of carbonyl (C=O) groups is 3. The summed E-state index contributed by atoms with van der Waals surface area (Å²) in [5.41, 5.74) is 3.07. The van der Waals surface area contributed by atoms with Crippen molar-refractivity contribution in [3.8, 4) is 23.5 Å². The SMILES string of the molecule is C#Cc1ccc(-c2cc(NC(=O)Nc3sc(C(C)(C)C)cc3C(=O)N3CCNC(=O)C3(C)C)ccc2C)cn1. The summed E-state index contributed by atoms with van der Waals surface area (Å²) < 4.78 is 0.